The van der Waals surface area contributed by atoms with Gasteiger partial charge in [0.2, 0.25) is 5.75 Å². The van der Waals surface area contributed by atoms with Gasteiger partial charge < -0.3 is 15.2 Å². The number of ether oxygens (including phenoxy) is 2. The Balaban J connectivity index is 2.18. The van der Waals surface area contributed by atoms with Crippen LogP contribution in [0.25, 0.3) is 0 Å². The number of hydrogen-bond acceptors (Lipinski definition) is 6. The van der Waals surface area contributed by atoms with Crippen molar-refractivity contribution in [2.45, 2.75) is 6.61 Å². The van der Waals surface area contributed by atoms with E-state index in [1.165, 1.54) is 25.3 Å². The molecular formula is C13H13N3O4. The zero-order chi connectivity index (χ0) is 14.5. The average Bonchev–Trinajstić information content (AvgIpc) is 2.46. The van der Waals surface area contributed by atoms with Crippen molar-refractivity contribution >= 4 is 11.5 Å². The van der Waals surface area contributed by atoms with Gasteiger partial charge in [-0.15, -0.1) is 0 Å². The predicted octanol–water partition coefficient (Wildman–Crippen LogP) is 2.16. The minimum atomic E-state index is -0.504. The van der Waals surface area contributed by atoms with E-state index in [0.29, 0.717) is 11.6 Å². The lowest BCUT2D eigenvalue weighted by molar-refractivity contribution is -0.386. The van der Waals surface area contributed by atoms with Gasteiger partial charge in [-0.3, -0.25) is 10.1 Å². The number of nitrogens with two attached hydrogens (primary N) is 1. The lowest BCUT2D eigenvalue weighted by Gasteiger charge is -2.08. The van der Waals surface area contributed by atoms with Crippen molar-refractivity contribution in [3.05, 3.63) is 52.2 Å². The first-order chi connectivity index (χ1) is 9.60. The number of aromatic nitrogens is 1. The van der Waals surface area contributed by atoms with E-state index in [4.69, 9.17) is 15.2 Å². The van der Waals surface area contributed by atoms with Crippen LogP contribution in [0, 0.1) is 10.1 Å². The number of rotatable bonds is 5. The van der Waals surface area contributed by atoms with Crippen molar-refractivity contribution < 1.29 is 14.4 Å². The smallest absolute Gasteiger partial charge is 0.311 e. The summed E-state index contributed by atoms with van der Waals surface area (Å²) in [5.41, 5.74) is 6.12. The van der Waals surface area contributed by atoms with Crippen LogP contribution in [0.3, 0.4) is 0 Å². The van der Waals surface area contributed by atoms with Crippen LogP contribution in [0.15, 0.2) is 36.5 Å². The summed E-state index contributed by atoms with van der Waals surface area (Å²) >= 11 is 0. The van der Waals surface area contributed by atoms with E-state index in [1.54, 1.807) is 18.3 Å². The topological polar surface area (TPSA) is 101 Å². The van der Waals surface area contributed by atoms with Gasteiger partial charge >= 0.3 is 5.69 Å². The molecule has 1 heterocycles. The molecule has 7 heteroatoms. The van der Waals surface area contributed by atoms with Crippen LogP contribution >= 0.6 is 0 Å². The Hall–Kier alpha value is -2.83. The number of hydrogen-bond donors (Lipinski definition) is 1. The van der Waals surface area contributed by atoms with E-state index in [2.05, 4.69) is 4.98 Å². The van der Waals surface area contributed by atoms with E-state index in [9.17, 15) is 10.1 Å². The van der Waals surface area contributed by atoms with Crippen molar-refractivity contribution in [1.82, 2.24) is 4.98 Å². The molecule has 1 aromatic carbocycles. The Morgan fingerprint density at radius 3 is 2.75 bits per heavy atom. The van der Waals surface area contributed by atoms with Crippen molar-refractivity contribution in [1.29, 1.82) is 0 Å². The summed E-state index contributed by atoms with van der Waals surface area (Å²) in [6.45, 7) is 0.154. The zero-order valence-electron chi connectivity index (χ0n) is 10.8. The molecule has 0 unspecified atom stereocenters. The van der Waals surface area contributed by atoms with Gasteiger partial charge in [0.15, 0.2) is 0 Å². The first-order valence-corrected chi connectivity index (χ1v) is 5.76. The van der Waals surface area contributed by atoms with Gasteiger partial charge in [-0.25, -0.2) is 4.98 Å². The fraction of sp³-hybridized carbons (Fsp3) is 0.154. The molecule has 0 aliphatic heterocycles. The van der Waals surface area contributed by atoms with E-state index >= 15 is 0 Å². The van der Waals surface area contributed by atoms with Gasteiger partial charge in [0, 0.05) is 23.9 Å². The second-order valence-electron chi connectivity index (χ2n) is 3.97. The first-order valence-electron chi connectivity index (χ1n) is 5.76. The largest absolute Gasteiger partial charge is 0.497 e. The van der Waals surface area contributed by atoms with Crippen molar-refractivity contribution in [2.75, 3.05) is 12.8 Å². The highest BCUT2D eigenvalue weighted by molar-refractivity contribution is 5.50. The Kier molecular flexibility index (Phi) is 3.99. The zero-order valence-corrected chi connectivity index (χ0v) is 10.8. The maximum atomic E-state index is 10.9. The van der Waals surface area contributed by atoms with Crippen molar-refractivity contribution in [2.24, 2.45) is 0 Å². The van der Waals surface area contributed by atoms with Gasteiger partial charge in [0.25, 0.3) is 0 Å². The van der Waals surface area contributed by atoms with Crippen LogP contribution < -0.4 is 15.2 Å². The monoisotopic (exact) mass is 275 g/mol. The Bertz CT molecular complexity index is 614. The van der Waals surface area contributed by atoms with Gasteiger partial charge in [-0.1, -0.05) is 6.07 Å². The fourth-order valence-electron chi connectivity index (χ4n) is 1.57. The minimum absolute atomic E-state index is 0.116. The number of benzene rings is 1. The number of nitrogen functional groups attached to an aromatic ring is 1. The molecule has 0 aliphatic carbocycles. The summed E-state index contributed by atoms with van der Waals surface area (Å²) in [7, 11) is 1.48. The molecule has 1 aromatic heterocycles. The number of pyridine rings is 1. The third-order valence-corrected chi connectivity index (χ3v) is 2.61. The quantitative estimate of drug-likeness (QED) is 0.662. The maximum absolute atomic E-state index is 10.9. The highest BCUT2D eigenvalue weighted by atomic mass is 16.6. The molecule has 0 fully saturated rings. The summed E-state index contributed by atoms with van der Waals surface area (Å²) in [6.07, 6.45) is 1.56. The Morgan fingerprint density at radius 1 is 1.35 bits per heavy atom. The second-order valence-corrected chi connectivity index (χ2v) is 3.97. The van der Waals surface area contributed by atoms with E-state index < -0.39 is 4.92 Å². The predicted molar refractivity (Wildman–Crippen MR) is 72.6 cm³/mol. The molecule has 0 amide bonds. The molecule has 104 valence electrons. The molecule has 2 N–H and O–H groups in total. The van der Waals surface area contributed by atoms with Gasteiger partial charge in [0.1, 0.15) is 18.2 Å². The number of anilines is 1. The number of nitro groups is 1. The van der Waals surface area contributed by atoms with Gasteiger partial charge in [-0.05, 0) is 12.1 Å². The molecule has 0 spiro atoms. The number of nitrogens with zero attached hydrogens (tertiary/aromatic N) is 2. The molecule has 7 nitrogen and oxygen atoms in total. The summed E-state index contributed by atoms with van der Waals surface area (Å²) < 4.78 is 10.5. The highest BCUT2D eigenvalue weighted by Crippen LogP contribution is 2.31. The van der Waals surface area contributed by atoms with E-state index in [-0.39, 0.29) is 18.0 Å². The highest BCUT2D eigenvalue weighted by Gasteiger charge is 2.16. The molecule has 2 rings (SSSR count). The number of nitro benzene ring substituents is 1. The maximum Gasteiger partial charge on any atom is 0.311 e. The molecule has 0 atom stereocenters. The summed E-state index contributed by atoms with van der Waals surface area (Å²) in [5.74, 6) is 1.04. The SMILES string of the molecule is COc1ccc([N+](=O)[O-])c(OCc2ccc(N)nc2)c1. The fourth-order valence-corrected chi connectivity index (χ4v) is 1.57. The minimum Gasteiger partial charge on any atom is -0.497 e. The Morgan fingerprint density at radius 2 is 2.15 bits per heavy atom. The normalized spacial score (nSPS) is 10.1. The molecule has 0 saturated carbocycles. The van der Waals surface area contributed by atoms with Crippen molar-refractivity contribution in [3.63, 3.8) is 0 Å². The average molecular weight is 275 g/mol. The van der Waals surface area contributed by atoms with Gasteiger partial charge in [-0.2, -0.15) is 0 Å². The Labute approximate surface area is 115 Å². The summed E-state index contributed by atoms with van der Waals surface area (Å²) in [5, 5.41) is 10.9. The van der Waals surface area contributed by atoms with Crippen LogP contribution in [0.4, 0.5) is 11.5 Å². The van der Waals surface area contributed by atoms with Gasteiger partial charge in [0.05, 0.1) is 12.0 Å². The molecule has 2 aromatic rings. The summed E-state index contributed by atoms with van der Waals surface area (Å²) in [4.78, 5) is 14.4. The third-order valence-electron chi connectivity index (χ3n) is 2.61. The van der Waals surface area contributed by atoms with E-state index in [0.717, 1.165) is 5.56 Å². The van der Waals surface area contributed by atoms with Crippen molar-refractivity contribution in [3.8, 4) is 11.5 Å². The lowest BCUT2D eigenvalue weighted by atomic mass is 10.2. The van der Waals surface area contributed by atoms with Crippen LogP contribution in [0.5, 0.6) is 11.5 Å². The third kappa shape index (κ3) is 3.14. The number of methoxy groups -OCH3 is 1. The second kappa shape index (κ2) is 5.87. The molecular weight excluding hydrogens is 262 g/mol. The molecule has 0 bridgehead atoms. The molecule has 0 aliphatic rings. The lowest BCUT2D eigenvalue weighted by Crippen LogP contribution is -2.00. The molecule has 0 radical (unpaired) electrons. The summed E-state index contributed by atoms with van der Waals surface area (Å²) in [6, 6.07) is 7.71. The van der Waals surface area contributed by atoms with Crippen LogP contribution in [0.2, 0.25) is 0 Å². The first kappa shape index (κ1) is 13.6. The standard InChI is InChI=1S/C13H13N3O4/c1-19-10-3-4-11(16(17)18)12(6-10)20-8-9-2-5-13(14)15-7-9/h2-7H,8H2,1H3,(H2,14,15). The van der Waals surface area contributed by atoms with Crippen LogP contribution in [-0.4, -0.2) is 17.0 Å². The van der Waals surface area contributed by atoms with E-state index in [1.807, 2.05) is 0 Å². The molecule has 20 heavy (non-hydrogen) atoms. The molecule has 0 saturated heterocycles. The van der Waals surface area contributed by atoms with Crippen LogP contribution in [-0.2, 0) is 6.61 Å². The van der Waals surface area contributed by atoms with Crippen LogP contribution in [0.1, 0.15) is 5.56 Å².